The minimum Gasteiger partial charge on any atom is -0.377 e. The van der Waals surface area contributed by atoms with Crippen LogP contribution in [0.2, 0.25) is 0 Å². The Kier molecular flexibility index (Phi) is 2.03. The first kappa shape index (κ1) is 9.83. The van der Waals surface area contributed by atoms with Crippen molar-refractivity contribution in [3.8, 4) is 6.07 Å². The topological polar surface area (TPSA) is 33.0 Å². The first-order chi connectivity index (χ1) is 7.77. The van der Waals surface area contributed by atoms with Gasteiger partial charge in [-0.1, -0.05) is 18.2 Å². The highest BCUT2D eigenvalue weighted by Gasteiger charge is 2.43. The number of hydrogen-bond donors (Lipinski definition) is 0. The molecule has 1 saturated heterocycles. The van der Waals surface area contributed by atoms with E-state index in [0.29, 0.717) is 13.2 Å². The Bertz CT molecular complexity index is 589. The van der Waals surface area contributed by atoms with Gasteiger partial charge in [-0.05, 0) is 23.9 Å². The molecule has 1 fully saturated rings. The molecule has 0 atom stereocenters. The van der Waals surface area contributed by atoms with E-state index in [-0.39, 0.29) is 5.41 Å². The monoisotopic (exact) mass is 229 g/mol. The van der Waals surface area contributed by atoms with Crippen molar-refractivity contribution >= 4 is 21.4 Å². The van der Waals surface area contributed by atoms with E-state index < -0.39 is 0 Å². The SMILES string of the molecule is Cc1c(C2(C#N)COC2)sc2ccccc12. The zero-order valence-corrected chi connectivity index (χ0v) is 9.80. The standard InChI is InChI=1S/C13H11NOS/c1-9-10-4-2-3-5-11(10)16-12(9)13(6-14)7-15-8-13/h2-5H,7-8H2,1H3. The van der Waals surface area contributed by atoms with Crippen LogP contribution in [0, 0.1) is 18.3 Å². The van der Waals surface area contributed by atoms with E-state index in [2.05, 4.69) is 25.1 Å². The van der Waals surface area contributed by atoms with Crippen molar-refractivity contribution in [2.45, 2.75) is 12.3 Å². The summed E-state index contributed by atoms with van der Waals surface area (Å²) in [4.78, 5) is 1.18. The molecule has 0 N–H and O–H groups in total. The smallest absolute Gasteiger partial charge is 0.138 e. The van der Waals surface area contributed by atoms with Crippen LogP contribution in [0.25, 0.3) is 10.1 Å². The molecule has 1 aliphatic heterocycles. The van der Waals surface area contributed by atoms with Crippen LogP contribution in [0.4, 0.5) is 0 Å². The molecular weight excluding hydrogens is 218 g/mol. The van der Waals surface area contributed by atoms with Gasteiger partial charge in [-0.3, -0.25) is 0 Å². The average Bonchev–Trinajstić information content (AvgIpc) is 2.57. The zero-order valence-electron chi connectivity index (χ0n) is 8.99. The van der Waals surface area contributed by atoms with Gasteiger partial charge in [0.15, 0.2) is 0 Å². The maximum absolute atomic E-state index is 9.32. The lowest BCUT2D eigenvalue weighted by Gasteiger charge is -2.34. The van der Waals surface area contributed by atoms with E-state index in [4.69, 9.17) is 4.74 Å². The van der Waals surface area contributed by atoms with Crippen LogP contribution in [0.1, 0.15) is 10.4 Å². The molecule has 1 aromatic carbocycles. The number of hydrogen-bond acceptors (Lipinski definition) is 3. The molecule has 0 radical (unpaired) electrons. The molecule has 80 valence electrons. The molecule has 1 aromatic heterocycles. The summed E-state index contributed by atoms with van der Waals surface area (Å²) >= 11 is 1.73. The fourth-order valence-electron chi connectivity index (χ4n) is 2.18. The van der Waals surface area contributed by atoms with E-state index in [1.807, 2.05) is 12.1 Å². The third-order valence-electron chi connectivity index (χ3n) is 3.19. The largest absolute Gasteiger partial charge is 0.377 e. The van der Waals surface area contributed by atoms with Gasteiger partial charge in [0.25, 0.3) is 0 Å². The van der Waals surface area contributed by atoms with Gasteiger partial charge < -0.3 is 4.74 Å². The fraction of sp³-hybridized carbons (Fsp3) is 0.308. The van der Waals surface area contributed by atoms with Crippen LogP contribution in [0.5, 0.6) is 0 Å². The van der Waals surface area contributed by atoms with Crippen LogP contribution in [0.3, 0.4) is 0 Å². The Morgan fingerprint density at radius 3 is 2.69 bits per heavy atom. The maximum atomic E-state index is 9.32. The molecule has 0 spiro atoms. The molecule has 0 unspecified atom stereocenters. The van der Waals surface area contributed by atoms with E-state index in [9.17, 15) is 5.26 Å². The summed E-state index contributed by atoms with van der Waals surface area (Å²) < 4.78 is 6.48. The minimum absolute atomic E-state index is 0.381. The number of ether oxygens (including phenoxy) is 1. The van der Waals surface area contributed by atoms with Crippen molar-refractivity contribution in [2.24, 2.45) is 0 Å². The predicted octanol–water partition coefficient (Wildman–Crippen LogP) is 3.00. The van der Waals surface area contributed by atoms with Crippen LogP contribution >= 0.6 is 11.3 Å². The van der Waals surface area contributed by atoms with E-state index >= 15 is 0 Å². The Morgan fingerprint density at radius 2 is 2.12 bits per heavy atom. The van der Waals surface area contributed by atoms with Gasteiger partial charge in [-0.15, -0.1) is 11.3 Å². The molecule has 0 bridgehead atoms. The molecule has 16 heavy (non-hydrogen) atoms. The van der Waals surface area contributed by atoms with Crippen molar-refractivity contribution in [3.05, 3.63) is 34.7 Å². The third kappa shape index (κ3) is 1.14. The summed E-state index contributed by atoms with van der Waals surface area (Å²) in [5.41, 5.74) is 0.860. The lowest BCUT2D eigenvalue weighted by molar-refractivity contribution is -0.0283. The number of nitriles is 1. The van der Waals surface area contributed by atoms with Crippen molar-refractivity contribution in [1.82, 2.24) is 0 Å². The van der Waals surface area contributed by atoms with Crippen LogP contribution in [-0.4, -0.2) is 13.2 Å². The summed E-state index contributed by atoms with van der Waals surface area (Å²) in [5, 5.41) is 10.6. The second-order valence-corrected chi connectivity index (χ2v) is 5.29. The maximum Gasteiger partial charge on any atom is 0.138 e. The van der Waals surface area contributed by atoms with Crippen LogP contribution in [0.15, 0.2) is 24.3 Å². The summed E-state index contributed by atoms with van der Waals surface area (Å²) in [6, 6.07) is 10.7. The number of benzene rings is 1. The molecule has 0 saturated carbocycles. The van der Waals surface area contributed by atoms with Gasteiger partial charge in [0, 0.05) is 9.58 Å². The first-order valence-electron chi connectivity index (χ1n) is 5.24. The molecule has 0 aliphatic carbocycles. The Balaban J connectivity index is 2.25. The minimum atomic E-state index is -0.381. The van der Waals surface area contributed by atoms with Gasteiger partial charge >= 0.3 is 0 Å². The van der Waals surface area contributed by atoms with E-state index in [1.54, 1.807) is 11.3 Å². The van der Waals surface area contributed by atoms with Gasteiger partial charge in [-0.25, -0.2) is 0 Å². The molecule has 2 heterocycles. The van der Waals surface area contributed by atoms with Gasteiger partial charge in [-0.2, -0.15) is 5.26 Å². The highest BCUT2D eigenvalue weighted by atomic mass is 32.1. The number of rotatable bonds is 1. The van der Waals surface area contributed by atoms with Gasteiger partial charge in [0.2, 0.25) is 0 Å². The molecule has 3 rings (SSSR count). The number of nitrogens with zero attached hydrogens (tertiary/aromatic N) is 1. The highest BCUT2D eigenvalue weighted by molar-refractivity contribution is 7.19. The number of aryl methyl sites for hydroxylation is 1. The first-order valence-corrected chi connectivity index (χ1v) is 6.06. The van der Waals surface area contributed by atoms with Crippen LogP contribution in [-0.2, 0) is 10.2 Å². The fourth-order valence-corrected chi connectivity index (χ4v) is 3.50. The lowest BCUT2D eigenvalue weighted by atomic mass is 9.84. The Morgan fingerprint density at radius 1 is 1.38 bits per heavy atom. The molecular formula is C13H11NOS. The Hall–Kier alpha value is -1.37. The molecule has 0 amide bonds. The number of thiophene rings is 1. The normalized spacial score (nSPS) is 18.0. The molecule has 3 heteroatoms. The molecule has 2 nitrogen and oxygen atoms in total. The second-order valence-electron chi connectivity index (χ2n) is 4.24. The summed E-state index contributed by atoms with van der Waals surface area (Å²) in [6.45, 7) is 3.18. The highest BCUT2D eigenvalue weighted by Crippen LogP contribution is 2.42. The Labute approximate surface area is 98.1 Å². The van der Waals surface area contributed by atoms with Crippen molar-refractivity contribution < 1.29 is 4.74 Å². The van der Waals surface area contributed by atoms with E-state index in [0.717, 1.165) is 0 Å². The molecule has 1 aliphatic rings. The third-order valence-corrected chi connectivity index (χ3v) is 4.67. The lowest BCUT2D eigenvalue weighted by Crippen LogP contribution is -2.45. The van der Waals surface area contributed by atoms with E-state index in [1.165, 1.54) is 20.5 Å². The van der Waals surface area contributed by atoms with Gasteiger partial charge in [0.1, 0.15) is 5.41 Å². The molecule has 2 aromatic rings. The van der Waals surface area contributed by atoms with Crippen molar-refractivity contribution in [1.29, 1.82) is 5.26 Å². The second kappa shape index (κ2) is 3.31. The number of fused-ring (bicyclic) bond motifs is 1. The quantitative estimate of drug-likeness (QED) is 0.753. The predicted molar refractivity (Wildman–Crippen MR) is 64.7 cm³/mol. The average molecular weight is 229 g/mol. The summed E-state index contributed by atoms with van der Waals surface area (Å²) in [6.07, 6.45) is 0. The van der Waals surface area contributed by atoms with Crippen LogP contribution < -0.4 is 0 Å². The zero-order chi connectivity index (χ0) is 11.2. The van der Waals surface area contributed by atoms with Crippen molar-refractivity contribution in [3.63, 3.8) is 0 Å². The van der Waals surface area contributed by atoms with Gasteiger partial charge in [0.05, 0.1) is 19.3 Å². The summed E-state index contributed by atoms with van der Waals surface area (Å²) in [7, 11) is 0. The van der Waals surface area contributed by atoms with Crippen molar-refractivity contribution in [2.75, 3.05) is 13.2 Å². The summed E-state index contributed by atoms with van der Waals surface area (Å²) in [5.74, 6) is 0.